The van der Waals surface area contributed by atoms with Gasteiger partial charge in [-0.2, -0.15) is 5.26 Å². The van der Waals surface area contributed by atoms with Gasteiger partial charge in [0.05, 0.1) is 11.6 Å². The first-order valence-electron chi connectivity index (χ1n) is 6.94. The molecule has 0 aliphatic rings. The monoisotopic (exact) mass is 282 g/mol. The van der Waals surface area contributed by atoms with E-state index in [1.807, 2.05) is 0 Å². The number of imidazole rings is 1. The van der Waals surface area contributed by atoms with Crippen LogP contribution < -0.4 is 5.32 Å². The predicted octanol–water partition coefficient (Wildman–Crippen LogP) is 3.03. The highest BCUT2D eigenvalue weighted by atomic mass is 16.2. The molecule has 0 radical (unpaired) electrons. The maximum absolute atomic E-state index is 12.2. The number of nitriles is 1. The molecule has 0 aliphatic heterocycles. The third-order valence-electron chi connectivity index (χ3n) is 3.13. The number of hydrogen-bond acceptors (Lipinski definition) is 3. The highest BCUT2D eigenvalue weighted by Gasteiger charge is 2.12. The summed E-state index contributed by atoms with van der Waals surface area (Å²) in [5.41, 5.74) is 1.39. The number of nitrogens with one attached hydrogen (secondary N) is 1. The van der Waals surface area contributed by atoms with Crippen molar-refractivity contribution < 1.29 is 4.79 Å². The lowest BCUT2D eigenvalue weighted by molar-refractivity contribution is 0.242. The fourth-order valence-electron chi connectivity index (χ4n) is 1.93. The average molecular weight is 282 g/mol. The van der Waals surface area contributed by atoms with Gasteiger partial charge < -0.3 is 5.32 Å². The van der Waals surface area contributed by atoms with Gasteiger partial charge in [0, 0.05) is 24.5 Å². The van der Waals surface area contributed by atoms with Crippen molar-refractivity contribution in [2.45, 2.75) is 20.3 Å². The minimum Gasteiger partial charge on any atom is -0.337 e. The lowest BCUT2D eigenvalue weighted by Gasteiger charge is -2.10. The zero-order valence-electron chi connectivity index (χ0n) is 12.2. The molecule has 1 heterocycles. The van der Waals surface area contributed by atoms with Crippen molar-refractivity contribution >= 4 is 6.03 Å². The molecule has 0 unspecified atom stereocenters. The first-order valence-corrected chi connectivity index (χ1v) is 6.94. The Hall–Kier alpha value is -2.61. The van der Waals surface area contributed by atoms with E-state index in [1.165, 1.54) is 4.57 Å². The molecule has 108 valence electrons. The maximum atomic E-state index is 12.2. The molecule has 0 bridgehead atoms. The third-order valence-corrected chi connectivity index (χ3v) is 3.13. The summed E-state index contributed by atoms with van der Waals surface area (Å²) in [5.74, 6) is 1.12. The predicted molar refractivity (Wildman–Crippen MR) is 80.6 cm³/mol. The molecule has 1 aromatic heterocycles. The Morgan fingerprint density at radius 3 is 2.71 bits per heavy atom. The van der Waals surface area contributed by atoms with Gasteiger partial charge in [0.1, 0.15) is 5.82 Å². The second-order valence-electron chi connectivity index (χ2n) is 5.22. The maximum Gasteiger partial charge on any atom is 0.327 e. The lowest BCUT2D eigenvalue weighted by Crippen LogP contribution is -2.30. The molecule has 1 N–H and O–H groups in total. The topological polar surface area (TPSA) is 70.7 Å². The van der Waals surface area contributed by atoms with E-state index in [0.717, 1.165) is 12.0 Å². The SMILES string of the molecule is CC(C)CCNC(=O)n1ccnc1-c1ccc(C#N)cc1. The molecule has 0 saturated carbocycles. The van der Waals surface area contributed by atoms with Crippen LogP contribution in [0.25, 0.3) is 11.4 Å². The highest BCUT2D eigenvalue weighted by Crippen LogP contribution is 2.17. The normalized spacial score (nSPS) is 10.4. The van der Waals surface area contributed by atoms with Gasteiger partial charge in [0.25, 0.3) is 0 Å². The highest BCUT2D eigenvalue weighted by molar-refractivity contribution is 5.81. The van der Waals surface area contributed by atoms with Gasteiger partial charge in [-0.3, -0.25) is 4.57 Å². The quantitative estimate of drug-likeness (QED) is 0.937. The van der Waals surface area contributed by atoms with Crippen LogP contribution in [-0.2, 0) is 0 Å². The van der Waals surface area contributed by atoms with E-state index < -0.39 is 0 Å². The van der Waals surface area contributed by atoms with E-state index >= 15 is 0 Å². The number of nitrogens with zero attached hydrogens (tertiary/aromatic N) is 3. The Morgan fingerprint density at radius 2 is 2.10 bits per heavy atom. The zero-order valence-corrected chi connectivity index (χ0v) is 12.2. The second-order valence-corrected chi connectivity index (χ2v) is 5.22. The molecule has 0 spiro atoms. The molecular formula is C16H18N4O. The summed E-state index contributed by atoms with van der Waals surface area (Å²) in [4.78, 5) is 16.4. The van der Waals surface area contributed by atoms with E-state index in [1.54, 1.807) is 36.7 Å². The van der Waals surface area contributed by atoms with Gasteiger partial charge in [-0.1, -0.05) is 13.8 Å². The summed E-state index contributed by atoms with van der Waals surface area (Å²) < 4.78 is 1.49. The van der Waals surface area contributed by atoms with E-state index in [-0.39, 0.29) is 6.03 Å². The molecular weight excluding hydrogens is 264 g/mol. The van der Waals surface area contributed by atoms with Crippen molar-refractivity contribution in [2.24, 2.45) is 5.92 Å². The smallest absolute Gasteiger partial charge is 0.327 e. The molecule has 0 atom stereocenters. The number of carbonyl (C=O) groups is 1. The third kappa shape index (κ3) is 3.69. The fraction of sp³-hybridized carbons (Fsp3) is 0.312. The molecule has 2 rings (SSSR count). The minimum atomic E-state index is -0.187. The molecule has 21 heavy (non-hydrogen) atoms. The van der Waals surface area contributed by atoms with Gasteiger partial charge in [0.15, 0.2) is 0 Å². The Balaban J connectivity index is 2.14. The van der Waals surface area contributed by atoms with E-state index in [2.05, 4.69) is 30.2 Å². The zero-order chi connectivity index (χ0) is 15.2. The van der Waals surface area contributed by atoms with Crippen LogP contribution in [0.4, 0.5) is 4.79 Å². The van der Waals surface area contributed by atoms with Crippen molar-refractivity contribution in [3.63, 3.8) is 0 Å². The largest absolute Gasteiger partial charge is 0.337 e. The van der Waals surface area contributed by atoms with Crippen molar-refractivity contribution in [1.29, 1.82) is 5.26 Å². The molecule has 1 amide bonds. The standard InChI is InChI=1S/C16H18N4O/c1-12(2)7-8-19-16(21)20-10-9-18-15(20)14-5-3-13(11-17)4-6-14/h3-6,9-10,12H,7-8H2,1-2H3,(H,19,21). The molecule has 5 nitrogen and oxygen atoms in total. The Kier molecular flexibility index (Phi) is 4.72. The number of amides is 1. The van der Waals surface area contributed by atoms with Gasteiger partial charge in [0.2, 0.25) is 0 Å². The van der Waals surface area contributed by atoms with E-state index in [9.17, 15) is 4.79 Å². The summed E-state index contributed by atoms with van der Waals surface area (Å²) in [5, 5.41) is 11.7. The molecule has 5 heteroatoms. The van der Waals surface area contributed by atoms with Gasteiger partial charge in [-0.25, -0.2) is 9.78 Å². The van der Waals surface area contributed by atoms with Crippen molar-refractivity contribution in [3.05, 3.63) is 42.2 Å². The Morgan fingerprint density at radius 1 is 1.38 bits per heavy atom. The van der Waals surface area contributed by atoms with Gasteiger partial charge in [-0.05, 0) is 36.6 Å². The Labute approximate surface area is 124 Å². The summed E-state index contributed by atoms with van der Waals surface area (Å²) in [6, 6.07) is 8.89. The van der Waals surface area contributed by atoms with Crippen molar-refractivity contribution in [3.8, 4) is 17.5 Å². The lowest BCUT2D eigenvalue weighted by atomic mass is 10.1. The number of rotatable bonds is 4. The summed E-state index contributed by atoms with van der Waals surface area (Å²) in [6.45, 7) is 4.87. The fourth-order valence-corrected chi connectivity index (χ4v) is 1.93. The Bertz CT molecular complexity index is 650. The van der Waals surface area contributed by atoms with Crippen LogP contribution in [0.3, 0.4) is 0 Å². The van der Waals surface area contributed by atoms with Crippen molar-refractivity contribution in [2.75, 3.05) is 6.54 Å². The number of hydrogen-bond donors (Lipinski definition) is 1. The number of aromatic nitrogens is 2. The molecule has 0 saturated heterocycles. The molecule has 0 fully saturated rings. The van der Waals surface area contributed by atoms with Crippen LogP contribution >= 0.6 is 0 Å². The summed E-state index contributed by atoms with van der Waals surface area (Å²) in [6.07, 6.45) is 4.17. The van der Waals surface area contributed by atoms with Crippen LogP contribution in [-0.4, -0.2) is 22.1 Å². The summed E-state index contributed by atoms with van der Waals surface area (Å²) >= 11 is 0. The first-order chi connectivity index (χ1) is 10.1. The molecule has 2 aromatic rings. The molecule has 0 aliphatic carbocycles. The van der Waals surface area contributed by atoms with Crippen molar-refractivity contribution in [1.82, 2.24) is 14.9 Å². The average Bonchev–Trinajstić information content (AvgIpc) is 2.96. The van der Waals surface area contributed by atoms with Crippen LogP contribution in [0.1, 0.15) is 25.8 Å². The van der Waals surface area contributed by atoms with Crippen LogP contribution in [0.5, 0.6) is 0 Å². The second kappa shape index (κ2) is 6.71. The van der Waals surface area contributed by atoms with Crippen LogP contribution in [0.15, 0.2) is 36.7 Å². The van der Waals surface area contributed by atoms with Crippen LogP contribution in [0.2, 0.25) is 0 Å². The number of benzene rings is 1. The molecule has 1 aromatic carbocycles. The number of carbonyl (C=O) groups excluding carboxylic acids is 1. The first kappa shape index (κ1) is 14.8. The van der Waals surface area contributed by atoms with E-state index in [0.29, 0.717) is 23.9 Å². The minimum absolute atomic E-state index is 0.187. The van der Waals surface area contributed by atoms with Crippen LogP contribution in [0, 0.1) is 17.2 Å². The van der Waals surface area contributed by atoms with E-state index in [4.69, 9.17) is 5.26 Å². The summed E-state index contributed by atoms with van der Waals surface area (Å²) in [7, 11) is 0. The van der Waals surface area contributed by atoms with Gasteiger partial charge >= 0.3 is 6.03 Å². The van der Waals surface area contributed by atoms with Gasteiger partial charge in [-0.15, -0.1) is 0 Å².